The third-order valence-electron chi connectivity index (χ3n) is 2.72. The van der Waals surface area contributed by atoms with E-state index in [9.17, 15) is 13.2 Å². The molecule has 1 aromatic carbocycles. The molecule has 0 fully saturated rings. The van der Waals surface area contributed by atoms with E-state index in [2.05, 4.69) is 0 Å². The number of ether oxygens (including phenoxy) is 1. The van der Waals surface area contributed by atoms with Gasteiger partial charge < -0.3 is 4.74 Å². The van der Waals surface area contributed by atoms with Crippen LogP contribution in [0.15, 0.2) is 24.3 Å². The summed E-state index contributed by atoms with van der Waals surface area (Å²) in [6.45, 7) is 2.66. The van der Waals surface area contributed by atoms with E-state index in [-0.39, 0.29) is 11.3 Å². The predicted molar refractivity (Wildman–Crippen MR) is 71.0 cm³/mol. The number of carbonyl (C=O) groups excluding carboxylic acids is 1. The summed E-state index contributed by atoms with van der Waals surface area (Å²) in [5.41, 5.74) is 0.241. The number of hydrogen-bond acceptors (Lipinski definition) is 4. The van der Waals surface area contributed by atoms with Crippen molar-refractivity contribution in [2.24, 2.45) is 0 Å². The molecule has 0 aliphatic carbocycles. The molecule has 0 unspecified atom stereocenters. The van der Waals surface area contributed by atoms with Crippen molar-refractivity contribution in [3.8, 4) is 5.75 Å². The van der Waals surface area contributed by atoms with Gasteiger partial charge in [-0.3, -0.25) is 4.79 Å². The molecule has 0 radical (unpaired) electrons. The Morgan fingerprint density at radius 3 is 2.22 bits per heavy atom. The lowest BCUT2D eigenvalue weighted by Crippen LogP contribution is -2.39. The Morgan fingerprint density at radius 1 is 1.33 bits per heavy atom. The number of alkyl halides is 1. The Balaban J connectivity index is 3.14. The summed E-state index contributed by atoms with van der Waals surface area (Å²) in [6.07, 6.45) is 0. The zero-order valence-corrected chi connectivity index (χ0v) is 12.0. The van der Waals surface area contributed by atoms with Crippen LogP contribution in [0.1, 0.15) is 24.2 Å². The largest absolute Gasteiger partial charge is 0.497 e. The van der Waals surface area contributed by atoms with Crippen LogP contribution < -0.4 is 4.74 Å². The second-order valence-corrected chi connectivity index (χ2v) is 7.48. The molecule has 0 aliphatic rings. The lowest BCUT2D eigenvalue weighted by Gasteiger charge is -2.20. The van der Waals surface area contributed by atoms with Crippen LogP contribution in [0.2, 0.25) is 0 Å². The molecule has 0 bridgehead atoms. The van der Waals surface area contributed by atoms with Crippen molar-refractivity contribution >= 4 is 27.2 Å². The molecule has 0 heterocycles. The average molecular weight is 291 g/mol. The van der Waals surface area contributed by atoms with Crippen LogP contribution in [0.3, 0.4) is 0 Å². The molecule has 1 aromatic rings. The molecule has 0 saturated heterocycles. The normalized spacial score (nSPS) is 14.9. The molecule has 1 atom stereocenters. The summed E-state index contributed by atoms with van der Waals surface area (Å²) in [5, 5.41) is 0. The zero-order valence-electron chi connectivity index (χ0n) is 10.4. The fourth-order valence-corrected chi connectivity index (χ4v) is 2.79. The first-order valence-electron chi connectivity index (χ1n) is 5.36. The number of methoxy groups -OCH3 is 1. The first-order chi connectivity index (χ1) is 8.26. The van der Waals surface area contributed by atoms with Crippen LogP contribution in [-0.4, -0.2) is 31.3 Å². The number of sulfone groups is 1. The summed E-state index contributed by atoms with van der Waals surface area (Å²) >= 11 is 5.92. The molecular weight excluding hydrogens is 276 g/mol. The standard InChI is InChI=1S/C12H15ClO4S/c1-4-18(15,16)12(2,13)11(14)9-5-7-10(17-3)8-6-9/h5-8H,4H2,1-3H3/t12-/m0/s1. The number of hydrogen-bond donors (Lipinski definition) is 0. The van der Waals surface area contributed by atoms with Gasteiger partial charge in [0, 0.05) is 11.3 Å². The van der Waals surface area contributed by atoms with Crippen LogP contribution in [-0.2, 0) is 9.84 Å². The molecule has 1 rings (SSSR count). The van der Waals surface area contributed by atoms with E-state index in [1.54, 1.807) is 12.1 Å². The van der Waals surface area contributed by atoms with Gasteiger partial charge in [0.05, 0.1) is 7.11 Å². The highest BCUT2D eigenvalue weighted by Crippen LogP contribution is 2.28. The maximum atomic E-state index is 12.1. The number of ketones is 1. The lowest BCUT2D eigenvalue weighted by molar-refractivity contribution is 0.0978. The van der Waals surface area contributed by atoms with Gasteiger partial charge in [0.25, 0.3) is 0 Å². The summed E-state index contributed by atoms with van der Waals surface area (Å²) in [7, 11) is -2.17. The Morgan fingerprint density at radius 2 is 1.83 bits per heavy atom. The number of carbonyl (C=O) groups is 1. The van der Waals surface area contributed by atoms with E-state index in [1.807, 2.05) is 0 Å². The van der Waals surface area contributed by atoms with Crippen molar-refractivity contribution < 1.29 is 17.9 Å². The fourth-order valence-electron chi connectivity index (χ4n) is 1.41. The number of rotatable bonds is 5. The summed E-state index contributed by atoms with van der Waals surface area (Å²) < 4.78 is 26.6. The van der Waals surface area contributed by atoms with E-state index in [0.717, 1.165) is 0 Å². The maximum absolute atomic E-state index is 12.1. The number of benzene rings is 1. The second kappa shape index (κ2) is 5.28. The summed E-state index contributed by atoms with van der Waals surface area (Å²) in [6, 6.07) is 6.15. The van der Waals surface area contributed by atoms with Gasteiger partial charge in [0.15, 0.2) is 15.6 Å². The smallest absolute Gasteiger partial charge is 0.205 e. The van der Waals surface area contributed by atoms with Crippen molar-refractivity contribution in [3.05, 3.63) is 29.8 Å². The monoisotopic (exact) mass is 290 g/mol. The topological polar surface area (TPSA) is 60.4 Å². The molecule has 6 heteroatoms. The van der Waals surface area contributed by atoms with Gasteiger partial charge >= 0.3 is 0 Å². The first-order valence-corrected chi connectivity index (χ1v) is 7.39. The van der Waals surface area contributed by atoms with Crippen LogP contribution in [0, 0.1) is 0 Å². The molecule has 0 aliphatic heterocycles. The van der Waals surface area contributed by atoms with Crippen molar-refractivity contribution in [2.45, 2.75) is 18.1 Å². The third-order valence-corrected chi connectivity index (χ3v) is 5.71. The maximum Gasteiger partial charge on any atom is 0.205 e. The van der Waals surface area contributed by atoms with E-state index >= 15 is 0 Å². The summed E-state index contributed by atoms with van der Waals surface area (Å²) in [5.74, 6) is -0.232. The highest BCUT2D eigenvalue weighted by molar-refractivity contribution is 7.95. The molecule has 0 spiro atoms. The van der Waals surface area contributed by atoms with Gasteiger partial charge in [0.2, 0.25) is 4.21 Å². The Labute approximate surface area is 112 Å². The Bertz CT molecular complexity index is 532. The summed E-state index contributed by atoms with van der Waals surface area (Å²) in [4.78, 5) is 12.1. The van der Waals surface area contributed by atoms with Crippen LogP contribution in [0.5, 0.6) is 5.75 Å². The van der Waals surface area contributed by atoms with Gasteiger partial charge in [0.1, 0.15) is 5.75 Å². The molecule has 18 heavy (non-hydrogen) atoms. The molecule has 4 nitrogen and oxygen atoms in total. The van der Waals surface area contributed by atoms with Gasteiger partial charge in [-0.15, -0.1) is 0 Å². The minimum absolute atomic E-state index is 0.186. The predicted octanol–water partition coefficient (Wildman–Crippen LogP) is 2.27. The molecule has 100 valence electrons. The van der Waals surface area contributed by atoms with E-state index < -0.39 is 19.8 Å². The first kappa shape index (κ1) is 15.0. The number of Topliss-reactive ketones (excluding diaryl/α,β-unsaturated/α-hetero) is 1. The van der Waals surface area contributed by atoms with Crippen molar-refractivity contribution in [2.75, 3.05) is 12.9 Å². The molecule has 0 saturated carbocycles. The zero-order chi connectivity index (χ0) is 14.0. The van der Waals surface area contributed by atoms with E-state index in [4.69, 9.17) is 16.3 Å². The quantitative estimate of drug-likeness (QED) is 0.616. The highest BCUT2D eigenvalue weighted by Gasteiger charge is 2.43. The fraction of sp³-hybridized carbons (Fsp3) is 0.417. The van der Waals surface area contributed by atoms with E-state index in [1.165, 1.54) is 33.1 Å². The van der Waals surface area contributed by atoms with E-state index in [0.29, 0.717) is 5.75 Å². The average Bonchev–Trinajstić information content (AvgIpc) is 2.37. The molecule has 0 aromatic heterocycles. The molecular formula is C12H15ClO4S. The van der Waals surface area contributed by atoms with Crippen LogP contribution in [0.4, 0.5) is 0 Å². The highest BCUT2D eigenvalue weighted by atomic mass is 35.5. The van der Waals surface area contributed by atoms with Crippen molar-refractivity contribution in [3.63, 3.8) is 0 Å². The van der Waals surface area contributed by atoms with Gasteiger partial charge in [-0.2, -0.15) is 0 Å². The molecule has 0 N–H and O–H groups in total. The third kappa shape index (κ3) is 2.67. The minimum atomic E-state index is -3.68. The van der Waals surface area contributed by atoms with Gasteiger partial charge in [-0.25, -0.2) is 8.42 Å². The second-order valence-electron chi connectivity index (χ2n) is 3.88. The lowest BCUT2D eigenvalue weighted by atomic mass is 10.1. The van der Waals surface area contributed by atoms with Crippen LogP contribution in [0.25, 0.3) is 0 Å². The van der Waals surface area contributed by atoms with Gasteiger partial charge in [-0.1, -0.05) is 18.5 Å². The SMILES string of the molecule is CCS(=O)(=O)[C@](C)(Cl)C(=O)c1ccc(OC)cc1. The number of halogens is 1. The minimum Gasteiger partial charge on any atom is -0.497 e. The Hall–Kier alpha value is -1.07. The van der Waals surface area contributed by atoms with Gasteiger partial charge in [-0.05, 0) is 31.2 Å². The van der Waals surface area contributed by atoms with Crippen molar-refractivity contribution in [1.82, 2.24) is 0 Å². The van der Waals surface area contributed by atoms with Crippen molar-refractivity contribution in [1.29, 1.82) is 0 Å². The molecule has 0 amide bonds. The van der Waals surface area contributed by atoms with Crippen LogP contribution >= 0.6 is 11.6 Å². The Kier molecular flexibility index (Phi) is 4.40.